The molecule has 1 nitrogen and oxygen atoms in total. The Morgan fingerprint density at radius 3 is 1.89 bits per heavy atom. The number of benzene rings is 2. The predicted molar refractivity (Wildman–Crippen MR) is 86.0 cm³/mol. The highest BCUT2D eigenvalue weighted by Crippen LogP contribution is 2.15. The van der Waals surface area contributed by atoms with Gasteiger partial charge in [-0.15, -0.1) is 0 Å². The fourth-order valence-corrected chi connectivity index (χ4v) is 2.10. The summed E-state index contributed by atoms with van der Waals surface area (Å²) in [7, 11) is 1.99. The minimum atomic E-state index is 0.830. The SMILES string of the molecule is C/C(=C/N(C)C(=S)c1ccccc1)c1ccccc1. The van der Waals surface area contributed by atoms with Crippen molar-refractivity contribution in [1.82, 2.24) is 4.90 Å². The van der Waals surface area contributed by atoms with Crippen molar-refractivity contribution in [2.75, 3.05) is 7.05 Å². The fourth-order valence-electron chi connectivity index (χ4n) is 1.91. The minimum absolute atomic E-state index is 0.830. The fraction of sp³-hybridized carbons (Fsp3) is 0.118. The van der Waals surface area contributed by atoms with Crippen LogP contribution in [0.2, 0.25) is 0 Å². The second-order valence-electron chi connectivity index (χ2n) is 4.46. The van der Waals surface area contributed by atoms with E-state index in [4.69, 9.17) is 12.2 Å². The highest BCUT2D eigenvalue weighted by Gasteiger charge is 2.05. The van der Waals surface area contributed by atoms with Gasteiger partial charge in [-0.2, -0.15) is 0 Å². The lowest BCUT2D eigenvalue weighted by atomic mass is 10.1. The van der Waals surface area contributed by atoms with Crippen LogP contribution in [0.15, 0.2) is 66.9 Å². The molecule has 0 amide bonds. The van der Waals surface area contributed by atoms with E-state index < -0.39 is 0 Å². The highest BCUT2D eigenvalue weighted by atomic mass is 32.1. The Morgan fingerprint density at radius 2 is 1.37 bits per heavy atom. The monoisotopic (exact) mass is 267 g/mol. The molecule has 19 heavy (non-hydrogen) atoms. The molecule has 2 aromatic carbocycles. The molecule has 0 aliphatic carbocycles. The van der Waals surface area contributed by atoms with Crippen LogP contribution >= 0.6 is 12.2 Å². The van der Waals surface area contributed by atoms with Crippen molar-refractivity contribution in [1.29, 1.82) is 0 Å². The first-order valence-electron chi connectivity index (χ1n) is 6.24. The van der Waals surface area contributed by atoms with Crippen LogP contribution in [-0.2, 0) is 0 Å². The van der Waals surface area contributed by atoms with Crippen LogP contribution in [0.1, 0.15) is 18.1 Å². The number of thiocarbonyl (C=S) groups is 1. The van der Waals surface area contributed by atoms with Gasteiger partial charge in [0, 0.05) is 18.8 Å². The molecule has 0 saturated heterocycles. The van der Waals surface area contributed by atoms with Crippen LogP contribution in [0.4, 0.5) is 0 Å². The standard InChI is InChI=1S/C17H17NS/c1-14(15-9-5-3-6-10-15)13-18(2)17(19)16-11-7-4-8-12-16/h3-13H,1-2H3/b14-13-. The van der Waals surface area contributed by atoms with Gasteiger partial charge in [0.25, 0.3) is 0 Å². The molecule has 0 atom stereocenters. The van der Waals surface area contributed by atoms with E-state index in [1.807, 2.05) is 60.5 Å². The second kappa shape index (κ2) is 6.30. The third-order valence-electron chi connectivity index (χ3n) is 2.96. The third kappa shape index (κ3) is 3.52. The maximum Gasteiger partial charge on any atom is 0.112 e. The first-order valence-corrected chi connectivity index (χ1v) is 6.65. The lowest BCUT2D eigenvalue weighted by molar-refractivity contribution is 0.705. The maximum atomic E-state index is 5.49. The van der Waals surface area contributed by atoms with Gasteiger partial charge >= 0.3 is 0 Å². The number of nitrogens with zero attached hydrogens (tertiary/aromatic N) is 1. The van der Waals surface area contributed by atoms with Gasteiger partial charge in [0.15, 0.2) is 0 Å². The van der Waals surface area contributed by atoms with Gasteiger partial charge in [-0.05, 0) is 18.1 Å². The molecule has 0 aliphatic rings. The van der Waals surface area contributed by atoms with E-state index in [0.717, 1.165) is 10.6 Å². The molecule has 2 rings (SSSR count). The lowest BCUT2D eigenvalue weighted by Crippen LogP contribution is -2.20. The van der Waals surface area contributed by atoms with Crippen molar-refractivity contribution >= 4 is 22.8 Å². The molecular weight excluding hydrogens is 250 g/mol. The van der Waals surface area contributed by atoms with Crippen LogP contribution < -0.4 is 0 Å². The Labute approximate surface area is 120 Å². The maximum absolute atomic E-state index is 5.49. The van der Waals surface area contributed by atoms with Gasteiger partial charge in [0.2, 0.25) is 0 Å². The Kier molecular flexibility index (Phi) is 4.48. The molecule has 0 fully saturated rings. The summed E-state index contributed by atoms with van der Waals surface area (Å²) in [5.74, 6) is 0. The van der Waals surface area contributed by atoms with Gasteiger partial charge in [-0.1, -0.05) is 72.9 Å². The smallest absolute Gasteiger partial charge is 0.112 e. The summed E-state index contributed by atoms with van der Waals surface area (Å²) in [4.78, 5) is 2.82. The van der Waals surface area contributed by atoms with Crippen molar-refractivity contribution in [2.45, 2.75) is 6.92 Å². The van der Waals surface area contributed by atoms with E-state index in [2.05, 4.69) is 25.3 Å². The normalized spacial score (nSPS) is 11.2. The zero-order valence-corrected chi connectivity index (χ0v) is 12.0. The molecule has 2 heteroatoms. The third-order valence-corrected chi connectivity index (χ3v) is 3.48. The molecule has 0 unspecified atom stereocenters. The number of rotatable bonds is 3. The Hall–Kier alpha value is -1.93. The molecule has 2 aromatic rings. The summed E-state index contributed by atoms with van der Waals surface area (Å²) in [5, 5.41) is 0. The van der Waals surface area contributed by atoms with Gasteiger partial charge in [0.05, 0.1) is 0 Å². The minimum Gasteiger partial charge on any atom is -0.342 e. The van der Waals surface area contributed by atoms with E-state index in [-0.39, 0.29) is 0 Å². The molecule has 0 N–H and O–H groups in total. The Balaban J connectivity index is 2.17. The molecule has 0 heterocycles. The summed E-state index contributed by atoms with van der Waals surface area (Å²) in [6, 6.07) is 20.4. The van der Waals surface area contributed by atoms with Crippen LogP contribution in [0.5, 0.6) is 0 Å². The summed E-state index contributed by atoms with van der Waals surface area (Å²) in [6.45, 7) is 2.10. The van der Waals surface area contributed by atoms with E-state index >= 15 is 0 Å². The van der Waals surface area contributed by atoms with Crippen molar-refractivity contribution in [3.63, 3.8) is 0 Å². The van der Waals surface area contributed by atoms with Crippen molar-refractivity contribution < 1.29 is 0 Å². The van der Waals surface area contributed by atoms with E-state index in [1.165, 1.54) is 11.1 Å². The molecule has 0 aromatic heterocycles. The molecule has 0 saturated carbocycles. The van der Waals surface area contributed by atoms with Crippen LogP contribution in [0.3, 0.4) is 0 Å². The molecule has 96 valence electrons. The van der Waals surface area contributed by atoms with E-state index in [0.29, 0.717) is 0 Å². The number of hydrogen-bond donors (Lipinski definition) is 0. The molecule has 0 bridgehead atoms. The van der Waals surface area contributed by atoms with Crippen molar-refractivity contribution in [3.8, 4) is 0 Å². The first kappa shape index (κ1) is 13.5. The Bertz CT molecular complexity index is 573. The summed E-state index contributed by atoms with van der Waals surface area (Å²) in [5.41, 5.74) is 3.48. The number of allylic oxidation sites excluding steroid dienone is 1. The quantitative estimate of drug-likeness (QED) is 0.760. The predicted octanol–water partition coefficient (Wildman–Crippen LogP) is 4.35. The average molecular weight is 267 g/mol. The number of hydrogen-bond acceptors (Lipinski definition) is 1. The van der Waals surface area contributed by atoms with Crippen molar-refractivity contribution in [2.24, 2.45) is 0 Å². The second-order valence-corrected chi connectivity index (χ2v) is 4.85. The van der Waals surface area contributed by atoms with Crippen LogP contribution in [-0.4, -0.2) is 16.9 Å². The van der Waals surface area contributed by atoms with Gasteiger partial charge in [0.1, 0.15) is 4.99 Å². The van der Waals surface area contributed by atoms with Crippen LogP contribution in [0, 0.1) is 0 Å². The molecule has 0 radical (unpaired) electrons. The summed E-state index contributed by atoms with van der Waals surface area (Å²) in [6.07, 6.45) is 2.07. The van der Waals surface area contributed by atoms with Gasteiger partial charge in [-0.3, -0.25) is 0 Å². The zero-order chi connectivity index (χ0) is 13.7. The summed E-state index contributed by atoms with van der Waals surface area (Å²) >= 11 is 5.49. The zero-order valence-electron chi connectivity index (χ0n) is 11.2. The topological polar surface area (TPSA) is 3.24 Å². The van der Waals surface area contributed by atoms with E-state index in [1.54, 1.807) is 0 Å². The highest BCUT2D eigenvalue weighted by molar-refractivity contribution is 7.80. The van der Waals surface area contributed by atoms with Crippen molar-refractivity contribution in [3.05, 3.63) is 78.0 Å². The molecular formula is C17H17NS. The average Bonchev–Trinajstić information content (AvgIpc) is 2.48. The van der Waals surface area contributed by atoms with Crippen LogP contribution in [0.25, 0.3) is 5.57 Å². The van der Waals surface area contributed by atoms with Gasteiger partial charge < -0.3 is 4.90 Å². The Morgan fingerprint density at radius 1 is 0.895 bits per heavy atom. The summed E-state index contributed by atoms with van der Waals surface area (Å²) < 4.78 is 0. The molecule has 0 spiro atoms. The first-order chi connectivity index (χ1) is 9.18. The largest absolute Gasteiger partial charge is 0.342 e. The van der Waals surface area contributed by atoms with Gasteiger partial charge in [-0.25, -0.2) is 0 Å². The molecule has 0 aliphatic heterocycles. The van der Waals surface area contributed by atoms with E-state index in [9.17, 15) is 0 Å². The lowest BCUT2D eigenvalue weighted by Gasteiger charge is -2.17.